The molecule has 19 heavy (non-hydrogen) atoms. The van der Waals surface area contributed by atoms with Crippen molar-refractivity contribution in [1.82, 2.24) is 5.32 Å². The quantitative estimate of drug-likeness (QED) is 0.208. The van der Waals surface area contributed by atoms with E-state index in [1.165, 1.54) is 0 Å². The van der Waals surface area contributed by atoms with Crippen LogP contribution in [0.4, 0.5) is 0 Å². The molecule has 0 bridgehead atoms. The van der Waals surface area contributed by atoms with Gasteiger partial charge in [-0.25, -0.2) is 0 Å². The fraction of sp³-hybridized carbons (Fsp3) is 0.286. The summed E-state index contributed by atoms with van der Waals surface area (Å²) in [5.41, 5.74) is 0. The average molecular weight is 405 g/mol. The summed E-state index contributed by atoms with van der Waals surface area (Å²) < 4.78 is 22.5. The Morgan fingerprint density at radius 1 is 0.737 bits per heavy atom. The van der Waals surface area contributed by atoms with E-state index in [1.54, 1.807) is 0 Å². The van der Waals surface area contributed by atoms with E-state index < -0.39 is 0 Å². The molecule has 0 aromatic rings. The van der Waals surface area contributed by atoms with Gasteiger partial charge in [0.15, 0.2) is 0 Å². The molecule has 0 aliphatic heterocycles. The molecular formula is C7H7Fe2N3O4S3. The van der Waals surface area contributed by atoms with Crippen molar-refractivity contribution < 1.29 is 53.6 Å². The number of rotatable bonds is 2. The van der Waals surface area contributed by atoms with Crippen molar-refractivity contribution >= 4 is 38.8 Å². The van der Waals surface area contributed by atoms with Gasteiger partial charge in [-0.2, -0.15) is 0 Å². The summed E-state index contributed by atoms with van der Waals surface area (Å²) in [6.07, 6.45) is 0. The fourth-order valence-corrected chi connectivity index (χ4v) is 0.375. The number of nitrogens with one attached hydrogen (secondary N) is 1. The summed E-state index contributed by atoms with van der Waals surface area (Å²) in [6.45, 7) is 23.0. The molecule has 0 rings (SSSR count). The van der Waals surface area contributed by atoms with E-state index in [2.05, 4.69) is 50.5 Å². The van der Waals surface area contributed by atoms with Crippen molar-refractivity contribution in [2.24, 2.45) is 0 Å². The van der Waals surface area contributed by atoms with Crippen LogP contribution in [0.2, 0.25) is 0 Å². The SMILES string of the molecule is [C-]#N.[C-]#N.[C-]#[O+].[C-]#[O+].[C-]#[O+].[Fe+3].[Fe+3].[OH-].[S-]CNC[S-].[SH-]. The van der Waals surface area contributed by atoms with Gasteiger partial charge in [-0.3, -0.25) is 0 Å². The molecule has 0 aliphatic rings. The smallest absolute Gasteiger partial charge is 0.870 e. The van der Waals surface area contributed by atoms with E-state index in [-0.39, 0.29) is 53.1 Å². The van der Waals surface area contributed by atoms with E-state index in [4.69, 9.17) is 37.6 Å². The van der Waals surface area contributed by atoms with E-state index in [1.807, 2.05) is 0 Å². The van der Waals surface area contributed by atoms with Gasteiger partial charge in [-0.1, -0.05) is 0 Å². The standard InChI is InChI=1S/C2H7NS2.2CN.3CO.2Fe.H2O.H2S/c4-1-3-2-5;5*1-2;;;;/h3-5H,1-2H2;;;;;;;;2*1H2/q;2*-1;;;;2*+3;;/p-4. The van der Waals surface area contributed by atoms with Crippen LogP contribution in [0.3, 0.4) is 0 Å². The van der Waals surface area contributed by atoms with Crippen LogP contribution in [0.15, 0.2) is 0 Å². The van der Waals surface area contributed by atoms with Crippen molar-refractivity contribution in [3.63, 3.8) is 0 Å². The third-order valence-electron chi connectivity index (χ3n) is 0.204. The predicted octanol–water partition coefficient (Wildman–Crippen LogP) is -0.787. The van der Waals surface area contributed by atoms with Crippen LogP contribution < -0.4 is 5.32 Å². The Balaban J connectivity index is -0.00000000652. The van der Waals surface area contributed by atoms with Gasteiger partial charge in [0.05, 0.1) is 0 Å². The Kier molecular flexibility index (Phi) is 2070. The molecule has 0 atom stereocenters. The normalized spacial score (nSPS) is 2.74. The van der Waals surface area contributed by atoms with Crippen LogP contribution in [0.1, 0.15) is 0 Å². The molecule has 7 nitrogen and oxygen atoms in total. The molecule has 0 aromatic carbocycles. The molecule has 0 aliphatic carbocycles. The minimum atomic E-state index is 0. The first-order valence-electron chi connectivity index (χ1n) is 2.34. The predicted molar refractivity (Wildman–Crippen MR) is 60.0 cm³/mol. The number of thiol groups is 1. The first kappa shape index (κ1) is 75.1. The Bertz CT molecular complexity index is 131. The molecule has 0 saturated heterocycles. The minimum Gasteiger partial charge on any atom is -0.870 e. The molecule has 0 fully saturated rings. The summed E-state index contributed by atoms with van der Waals surface area (Å²) in [5, 5.41) is 15.2. The van der Waals surface area contributed by atoms with Crippen LogP contribution in [-0.2, 0) is 86.8 Å². The molecule has 0 heterocycles. The maximum Gasteiger partial charge on any atom is 3.00 e. The number of nitrogens with zero attached hydrogens (tertiary/aromatic N) is 2. The second-order valence-electron chi connectivity index (χ2n) is 0.539. The van der Waals surface area contributed by atoms with Crippen molar-refractivity contribution in [3.05, 3.63) is 33.1 Å². The van der Waals surface area contributed by atoms with Crippen LogP contribution in [-0.4, -0.2) is 17.2 Å². The average Bonchev–Trinajstić information content (AvgIpc) is 2.42. The Labute approximate surface area is 152 Å². The van der Waals surface area contributed by atoms with Crippen LogP contribution in [0.5, 0.6) is 0 Å². The zero-order valence-electron chi connectivity index (χ0n) is 8.95. The molecule has 12 heteroatoms. The monoisotopic (exact) mass is 405 g/mol. The van der Waals surface area contributed by atoms with Crippen LogP contribution in [0, 0.1) is 43.6 Å². The Morgan fingerprint density at radius 2 is 0.842 bits per heavy atom. The number of hydrogen-bond acceptors (Lipinski definition) is 7. The van der Waals surface area contributed by atoms with E-state index in [9.17, 15) is 0 Å². The molecule has 0 aromatic heterocycles. The second-order valence-corrected chi connectivity index (χ2v) is 1.12. The van der Waals surface area contributed by atoms with Crippen molar-refractivity contribution in [2.45, 2.75) is 0 Å². The maximum atomic E-state index is 7.50. The van der Waals surface area contributed by atoms with E-state index in [0.29, 0.717) is 11.8 Å². The van der Waals surface area contributed by atoms with Gasteiger partial charge in [-0.05, 0) is 0 Å². The van der Waals surface area contributed by atoms with Gasteiger partial charge in [0.25, 0.3) is 0 Å². The van der Waals surface area contributed by atoms with Gasteiger partial charge >= 0.3 is 68.0 Å². The van der Waals surface area contributed by atoms with Crippen molar-refractivity contribution in [2.75, 3.05) is 11.8 Å². The molecule has 108 valence electrons. The third kappa shape index (κ3) is 980. The zero-order chi connectivity index (χ0) is 14.1. The summed E-state index contributed by atoms with van der Waals surface area (Å²) in [4.78, 5) is 0. The topological polar surface area (TPSA) is 149 Å². The summed E-state index contributed by atoms with van der Waals surface area (Å²) >= 11 is 8.95. The van der Waals surface area contributed by atoms with Crippen LogP contribution >= 0.6 is 0 Å². The van der Waals surface area contributed by atoms with Gasteiger partial charge in [0.2, 0.25) is 0 Å². The molecule has 0 amide bonds. The Hall–Kier alpha value is 0.209. The summed E-state index contributed by atoms with van der Waals surface area (Å²) in [7, 11) is 0. The first-order chi connectivity index (χ1) is 7.41. The third-order valence-corrected chi connectivity index (χ3v) is 0.612. The van der Waals surface area contributed by atoms with Gasteiger partial charge in [0, 0.05) is 0 Å². The van der Waals surface area contributed by atoms with Crippen molar-refractivity contribution in [1.29, 1.82) is 10.5 Å². The maximum absolute atomic E-state index is 7.50. The zero-order valence-corrected chi connectivity index (χ0v) is 13.7. The number of hydrogen-bond donors (Lipinski definition) is 1. The van der Waals surface area contributed by atoms with Gasteiger partial charge in [0.1, 0.15) is 0 Å². The largest absolute Gasteiger partial charge is 3.00 e. The van der Waals surface area contributed by atoms with Gasteiger partial charge in [-0.15, -0.1) is 11.8 Å². The molecule has 0 saturated carbocycles. The van der Waals surface area contributed by atoms with E-state index in [0.717, 1.165) is 0 Å². The van der Waals surface area contributed by atoms with Gasteiger partial charge < -0.3 is 73.2 Å². The molecular weight excluding hydrogens is 398 g/mol. The second kappa shape index (κ2) is 524. The molecule has 2 radical (unpaired) electrons. The van der Waals surface area contributed by atoms with Crippen molar-refractivity contribution in [3.8, 4) is 0 Å². The molecule has 2 N–H and O–H groups in total. The molecule has 0 spiro atoms. The summed E-state index contributed by atoms with van der Waals surface area (Å²) in [6, 6.07) is 0. The Morgan fingerprint density at radius 3 is 0.842 bits per heavy atom. The minimum absolute atomic E-state index is 0. The molecule has 0 unspecified atom stereocenters. The fourth-order valence-electron chi connectivity index (χ4n) is 0.0417. The van der Waals surface area contributed by atoms with E-state index >= 15 is 0 Å². The van der Waals surface area contributed by atoms with Crippen LogP contribution in [0.25, 0.3) is 0 Å². The first-order valence-corrected chi connectivity index (χ1v) is 3.50. The summed E-state index contributed by atoms with van der Waals surface area (Å²) in [5.74, 6) is 1.15.